The Morgan fingerprint density at radius 3 is 1.32 bits per heavy atom. The molecule has 11 N–H and O–H groups in total. The number of benzene rings is 2. The Balaban J connectivity index is 0.000000129. The number of tetrazole rings is 3. The maximum Gasteiger partial charge on any atom is 0.191 e. The number of thioether (sulfide) groups is 3. The van der Waals surface area contributed by atoms with Crippen molar-refractivity contribution in [2.45, 2.75) is 204 Å². The molecule has 39 heteroatoms. The summed E-state index contributed by atoms with van der Waals surface area (Å²) in [7, 11) is 0. The number of hydrogen-bond donors (Lipinski definition) is 11. The Bertz CT molecular complexity index is 4470. The summed E-state index contributed by atoms with van der Waals surface area (Å²) in [5.74, 6) is 4.99. The van der Waals surface area contributed by atoms with Crippen molar-refractivity contribution in [1.29, 1.82) is 0 Å². The Kier molecular flexibility index (Phi) is 21.5. The number of hydrogen-bond acceptors (Lipinski definition) is 33. The Morgan fingerprint density at radius 2 is 0.901 bits per heavy atom. The van der Waals surface area contributed by atoms with Gasteiger partial charge in [0.05, 0.1) is 54.8 Å². The van der Waals surface area contributed by atoms with Gasteiger partial charge in [-0.05, 0) is 74.1 Å². The Labute approximate surface area is 590 Å². The van der Waals surface area contributed by atoms with E-state index in [0.29, 0.717) is 116 Å². The highest BCUT2D eigenvalue weighted by Crippen LogP contribution is 2.47. The maximum atomic E-state index is 10.9. The summed E-state index contributed by atoms with van der Waals surface area (Å²) in [6, 6.07) is 19.9. The fraction of sp³-hybridized carbons (Fsp3) is 0.565. The normalized spacial score (nSPS) is 26.6. The summed E-state index contributed by atoms with van der Waals surface area (Å²) in [6.07, 6.45) is 3.50. The van der Waals surface area contributed by atoms with Crippen molar-refractivity contribution in [1.82, 2.24) is 136 Å². The quantitative estimate of drug-likeness (QED) is 0.0205. The zero-order valence-corrected chi connectivity index (χ0v) is 58.2. The molecule has 5 saturated carbocycles. The molecule has 5 aliphatic carbocycles. The number of rotatable bonds is 26. The fourth-order valence-corrected chi connectivity index (χ4v) is 15.5. The van der Waals surface area contributed by atoms with Crippen LogP contribution in [0.5, 0.6) is 0 Å². The van der Waals surface area contributed by atoms with E-state index >= 15 is 0 Å². The number of fused-ring (bicyclic) bond motifs is 3. The van der Waals surface area contributed by atoms with Crippen LogP contribution in [0.25, 0.3) is 33.5 Å². The van der Waals surface area contributed by atoms with Gasteiger partial charge in [0.25, 0.3) is 0 Å². The SMILES string of the molecule is CCCCNc1nc(SCCC)nc2c1nnn2[C@@H]1C[C@H](c2nn[nH]n2)[C@@H](O)[C@H]1O.CCCSc1nc(N[C@@H]2C[C@H]2c2ccccc2)c2nnn([C@@H]3C[C@H](Cn4ncnn4)[C@@H](O)[C@H]3O)c2n1.CCCSc1nc(N[C@@H]2C[C@H]2c2ccccc2)c2nnn([C@@H]3C[C@H](c4nn[nH]n4)[C@@H](O)[C@H]3O)c2n1. The van der Waals surface area contributed by atoms with Gasteiger partial charge in [0.1, 0.15) is 18.3 Å². The summed E-state index contributed by atoms with van der Waals surface area (Å²) in [6.45, 7) is 9.58. The third kappa shape index (κ3) is 15.0. The molecular weight excluding hydrogens is 1360 g/mol. The highest BCUT2D eigenvalue weighted by Gasteiger charge is 2.49. The lowest BCUT2D eigenvalue weighted by Crippen LogP contribution is -2.31. The second-order valence-corrected chi connectivity index (χ2v) is 29.1. The number of aromatic amines is 2. The first-order valence-corrected chi connectivity index (χ1v) is 37.2. The van der Waals surface area contributed by atoms with E-state index in [1.807, 2.05) is 12.1 Å². The van der Waals surface area contributed by atoms with Crippen LogP contribution in [0.1, 0.15) is 156 Å². The molecule has 11 aromatic rings. The van der Waals surface area contributed by atoms with Crippen molar-refractivity contribution in [3.8, 4) is 0 Å². The van der Waals surface area contributed by atoms with Crippen molar-refractivity contribution in [3.63, 3.8) is 0 Å². The molecule has 2 aromatic carbocycles. The van der Waals surface area contributed by atoms with Gasteiger partial charge in [0, 0.05) is 53.6 Å². The third-order valence-corrected chi connectivity index (χ3v) is 22.1. The number of nitrogens with one attached hydrogen (secondary N) is 5. The molecule has 0 radical (unpaired) electrons. The van der Waals surface area contributed by atoms with Crippen LogP contribution >= 0.6 is 35.3 Å². The average molecular weight is 1440 g/mol. The highest BCUT2D eigenvalue weighted by molar-refractivity contribution is 7.99. The lowest BCUT2D eigenvalue weighted by atomic mass is 10.1. The number of H-pyrrole nitrogens is 2. The van der Waals surface area contributed by atoms with Crippen LogP contribution in [0.3, 0.4) is 0 Å². The summed E-state index contributed by atoms with van der Waals surface area (Å²) in [4.78, 5) is 29.7. The molecule has 532 valence electrons. The van der Waals surface area contributed by atoms with Gasteiger partial charge in [-0.2, -0.15) is 15.2 Å². The molecule has 0 spiro atoms. The van der Waals surface area contributed by atoms with Gasteiger partial charge < -0.3 is 46.6 Å². The molecule has 5 aliphatic rings. The smallest absolute Gasteiger partial charge is 0.191 e. The number of nitrogens with zero attached hydrogens (tertiary/aromatic N) is 25. The van der Waals surface area contributed by atoms with E-state index in [2.05, 4.69) is 190 Å². The average Bonchev–Trinajstić information content (AvgIpc) is 1.62. The highest BCUT2D eigenvalue weighted by atomic mass is 32.2. The molecule has 9 aromatic heterocycles. The molecule has 5 fully saturated rings. The molecule has 16 atom stereocenters. The van der Waals surface area contributed by atoms with E-state index in [-0.39, 0.29) is 18.0 Å². The lowest BCUT2D eigenvalue weighted by Gasteiger charge is -2.17. The molecule has 0 saturated heterocycles. The van der Waals surface area contributed by atoms with Crippen molar-refractivity contribution >= 4 is 86.2 Å². The van der Waals surface area contributed by atoms with E-state index in [9.17, 15) is 30.6 Å². The van der Waals surface area contributed by atoms with Crippen molar-refractivity contribution in [2.24, 2.45) is 5.92 Å². The van der Waals surface area contributed by atoms with Crippen LogP contribution in [-0.2, 0) is 6.54 Å². The van der Waals surface area contributed by atoms with Crippen molar-refractivity contribution in [2.75, 3.05) is 39.8 Å². The van der Waals surface area contributed by atoms with E-state index in [1.54, 1.807) is 49.3 Å². The van der Waals surface area contributed by atoms with Gasteiger partial charge in [-0.1, -0.05) is 156 Å². The van der Waals surface area contributed by atoms with Crippen LogP contribution in [-0.4, -0.2) is 239 Å². The molecule has 16 rings (SSSR count). The molecule has 0 aliphatic heterocycles. The van der Waals surface area contributed by atoms with E-state index in [1.165, 1.54) is 22.3 Å². The first kappa shape index (κ1) is 69.4. The maximum absolute atomic E-state index is 10.9. The summed E-state index contributed by atoms with van der Waals surface area (Å²) in [5.41, 5.74) is 5.90. The Morgan fingerprint density at radius 1 is 0.465 bits per heavy atom. The Hall–Kier alpha value is -8.70. The number of anilines is 3. The summed E-state index contributed by atoms with van der Waals surface area (Å²) < 4.78 is 4.84. The minimum Gasteiger partial charge on any atom is -0.390 e. The van der Waals surface area contributed by atoms with Crippen LogP contribution in [0, 0.1) is 5.92 Å². The molecule has 0 amide bonds. The van der Waals surface area contributed by atoms with Crippen LogP contribution in [0.2, 0.25) is 0 Å². The second kappa shape index (κ2) is 31.3. The van der Waals surface area contributed by atoms with Gasteiger partial charge in [0.2, 0.25) is 0 Å². The predicted molar refractivity (Wildman–Crippen MR) is 370 cm³/mol. The predicted octanol–water partition coefficient (Wildman–Crippen LogP) is 4.21. The minimum absolute atomic E-state index is 0.256. The molecule has 101 heavy (non-hydrogen) atoms. The number of aliphatic hydroxyl groups is 6. The monoisotopic (exact) mass is 1440 g/mol. The number of aliphatic hydroxyl groups excluding tert-OH is 6. The summed E-state index contributed by atoms with van der Waals surface area (Å²) in [5, 5.41) is 142. The largest absolute Gasteiger partial charge is 0.390 e. The molecule has 0 unspecified atom stereocenters. The summed E-state index contributed by atoms with van der Waals surface area (Å²) >= 11 is 4.72. The molecule has 0 bridgehead atoms. The van der Waals surface area contributed by atoms with Crippen LogP contribution in [0.4, 0.5) is 17.5 Å². The fourth-order valence-electron chi connectivity index (χ4n) is 13.5. The van der Waals surface area contributed by atoms with Crippen molar-refractivity contribution < 1.29 is 30.6 Å². The molecular formula is C62H80N30O6S3. The number of unbranched alkanes of at least 4 members (excludes halogenated alkanes) is 1. The van der Waals surface area contributed by atoms with E-state index < -0.39 is 66.6 Å². The van der Waals surface area contributed by atoms with Gasteiger partial charge >= 0.3 is 0 Å². The second-order valence-electron chi connectivity index (χ2n) is 25.9. The third-order valence-electron chi connectivity index (χ3n) is 18.9. The molecule has 9 heterocycles. The zero-order chi connectivity index (χ0) is 69.7. The lowest BCUT2D eigenvalue weighted by molar-refractivity contribution is 0.000836. The van der Waals surface area contributed by atoms with E-state index in [4.69, 9.17) is 19.9 Å². The van der Waals surface area contributed by atoms with Gasteiger partial charge in [-0.25, -0.2) is 43.9 Å². The first-order valence-electron chi connectivity index (χ1n) is 34.3. The zero-order valence-electron chi connectivity index (χ0n) is 55.8. The van der Waals surface area contributed by atoms with Crippen LogP contribution in [0.15, 0.2) is 82.5 Å². The first-order chi connectivity index (χ1) is 49.4. The van der Waals surface area contributed by atoms with Gasteiger partial charge in [0.15, 0.2) is 84.4 Å². The van der Waals surface area contributed by atoms with Crippen molar-refractivity contribution in [3.05, 3.63) is 89.8 Å². The van der Waals surface area contributed by atoms with Crippen LogP contribution < -0.4 is 16.0 Å². The number of aromatic nitrogens is 27. The van der Waals surface area contributed by atoms with Gasteiger partial charge in [-0.3, -0.25) is 0 Å². The van der Waals surface area contributed by atoms with E-state index in [0.717, 1.165) is 68.7 Å². The standard InChI is InChI=1S/C23H28N10O2S.C22H26N10O2S.C17H26N10O2S/c1-2-8-36-23-27-21(26-16-10-15(16)13-6-4-3-5-7-13)18-22(28-23)33(31-29-18)17-9-14(19(34)20(17)35)11-32-25-12-24-30-32;1-2-8-35-22-24-20(23-14-9-12(14)11-6-4-3-5-7-11)16-21(25-22)32(31-26-16)15-10-13(17(33)18(15)34)19-27-29-30-28-19;1-3-5-6-18-15-11-16(20-17(19-15)30-7-4-2)27(26-21-11)10-8-9(12(28)13(10)29)14-22-24-25-23-14/h3-7,12,14-17,19-20,34-35H,2,8-11H2,1H3,(H,26,27,28);3-7,12-15,17-18,33-34H,2,8-10H2,1H3,(H,23,24,25)(H,27,28,29,30);9-10,12-13,28-29H,3-8H2,1-2H3,(H,18,19,20)(H,22,23,24,25)/t14-,15+,16-,17-,19-,20+;12-,13-,14+,15+,17+,18-;9-,10+,12+,13-/m100/s1. The minimum atomic E-state index is -1.08. The topological polar surface area (TPSA) is 479 Å². The van der Waals surface area contributed by atoms with Gasteiger partial charge in [-0.15, -0.1) is 45.9 Å². The molecule has 36 nitrogen and oxygen atoms in total.